The van der Waals surface area contributed by atoms with Crippen LogP contribution in [0.5, 0.6) is 0 Å². The molecular formula is C31H32Cl2N6O5. The second-order valence-electron chi connectivity index (χ2n) is 10.7. The molecule has 230 valence electrons. The molecule has 4 N–H and O–H groups in total. The summed E-state index contributed by atoms with van der Waals surface area (Å²) in [5.74, 6) is -1.32. The van der Waals surface area contributed by atoms with Gasteiger partial charge in [-0.1, -0.05) is 77.8 Å². The fourth-order valence-corrected chi connectivity index (χ4v) is 6.12. The molecule has 1 spiro atoms. The highest BCUT2D eigenvalue weighted by Gasteiger charge is 2.54. The van der Waals surface area contributed by atoms with Crippen molar-refractivity contribution in [2.75, 3.05) is 36.5 Å². The Morgan fingerprint density at radius 3 is 2.11 bits per heavy atom. The number of halogens is 2. The van der Waals surface area contributed by atoms with E-state index in [1.807, 2.05) is 65.6 Å². The zero-order valence-corrected chi connectivity index (χ0v) is 25.2. The third-order valence-electron chi connectivity index (χ3n) is 7.94. The molecule has 5 rings (SSSR count). The van der Waals surface area contributed by atoms with E-state index in [1.165, 1.54) is 12.1 Å². The number of aliphatic carboxylic acids is 1. The van der Waals surface area contributed by atoms with E-state index in [0.29, 0.717) is 26.1 Å². The number of hydrogen-bond acceptors (Lipinski definition) is 5. The number of carboxylic acid groups (broad SMARTS) is 1. The van der Waals surface area contributed by atoms with Crippen molar-refractivity contribution >= 4 is 58.5 Å². The molecule has 3 aromatic rings. The summed E-state index contributed by atoms with van der Waals surface area (Å²) < 4.78 is 0. The monoisotopic (exact) mass is 638 g/mol. The number of carboxylic acids is 1. The Balaban J connectivity index is 1.21. The first-order valence-electron chi connectivity index (χ1n) is 14.1. The van der Waals surface area contributed by atoms with Crippen LogP contribution in [0.1, 0.15) is 18.4 Å². The van der Waals surface area contributed by atoms with Gasteiger partial charge in [-0.25, -0.2) is 14.4 Å². The topological polar surface area (TPSA) is 134 Å². The summed E-state index contributed by atoms with van der Waals surface area (Å²) in [4.78, 5) is 56.9. The van der Waals surface area contributed by atoms with Gasteiger partial charge in [0.05, 0.1) is 28.9 Å². The quantitative estimate of drug-likeness (QED) is 0.284. The zero-order chi connectivity index (χ0) is 31.3. The molecule has 0 saturated carbocycles. The second-order valence-corrected chi connectivity index (χ2v) is 11.5. The van der Waals surface area contributed by atoms with E-state index in [-0.39, 0.29) is 41.3 Å². The molecule has 44 heavy (non-hydrogen) atoms. The van der Waals surface area contributed by atoms with Crippen molar-refractivity contribution in [2.24, 2.45) is 0 Å². The van der Waals surface area contributed by atoms with Gasteiger partial charge in [0.15, 0.2) is 0 Å². The highest BCUT2D eigenvalue weighted by atomic mass is 35.5. The number of likely N-dealkylation sites (tertiary alicyclic amines) is 1. The van der Waals surface area contributed by atoms with Crippen LogP contribution in [0.2, 0.25) is 10.0 Å². The molecule has 5 amide bonds. The minimum absolute atomic E-state index is 0.0186. The molecule has 0 radical (unpaired) electrons. The number of para-hydroxylation sites is 2. The van der Waals surface area contributed by atoms with Crippen molar-refractivity contribution in [3.05, 3.63) is 94.5 Å². The Hall–Kier alpha value is -4.48. The molecule has 2 heterocycles. The predicted octanol–water partition coefficient (Wildman–Crippen LogP) is 4.62. The molecule has 2 aliphatic heterocycles. The highest BCUT2D eigenvalue weighted by Crippen LogP contribution is 2.40. The van der Waals surface area contributed by atoms with Crippen molar-refractivity contribution in [2.45, 2.75) is 31.0 Å². The van der Waals surface area contributed by atoms with Crippen LogP contribution < -0.4 is 20.9 Å². The Kier molecular flexibility index (Phi) is 9.46. The molecule has 2 aliphatic rings. The first-order valence-corrected chi connectivity index (χ1v) is 14.9. The molecular weight excluding hydrogens is 607 g/mol. The third-order valence-corrected chi connectivity index (χ3v) is 8.57. The lowest BCUT2D eigenvalue weighted by Gasteiger charge is -2.43. The number of nitrogens with one attached hydrogen (secondary N) is 3. The van der Waals surface area contributed by atoms with Gasteiger partial charge in [-0.3, -0.25) is 4.79 Å². The van der Waals surface area contributed by atoms with Crippen LogP contribution in [0.4, 0.5) is 21.0 Å². The van der Waals surface area contributed by atoms with E-state index in [1.54, 1.807) is 11.0 Å². The van der Waals surface area contributed by atoms with E-state index >= 15 is 0 Å². The average Bonchev–Trinajstić information content (AvgIpc) is 3.28. The number of hydrogen-bond donors (Lipinski definition) is 4. The number of carbonyl (C=O) groups excluding carboxylic acids is 3. The molecule has 0 bridgehead atoms. The van der Waals surface area contributed by atoms with E-state index in [0.717, 1.165) is 11.3 Å². The molecule has 0 unspecified atom stereocenters. The summed E-state index contributed by atoms with van der Waals surface area (Å²) in [7, 11) is 0. The largest absolute Gasteiger partial charge is 0.480 e. The molecule has 13 heteroatoms. The maximum atomic E-state index is 13.9. The van der Waals surface area contributed by atoms with E-state index in [4.69, 9.17) is 23.2 Å². The van der Waals surface area contributed by atoms with Gasteiger partial charge in [0, 0.05) is 25.3 Å². The van der Waals surface area contributed by atoms with Gasteiger partial charge >= 0.3 is 18.0 Å². The Morgan fingerprint density at radius 2 is 1.50 bits per heavy atom. The van der Waals surface area contributed by atoms with Crippen LogP contribution >= 0.6 is 23.2 Å². The first-order chi connectivity index (χ1) is 21.2. The minimum Gasteiger partial charge on any atom is -0.480 e. The number of benzene rings is 3. The van der Waals surface area contributed by atoms with Crippen LogP contribution in [0.3, 0.4) is 0 Å². The number of amides is 5. The van der Waals surface area contributed by atoms with Gasteiger partial charge in [-0.2, -0.15) is 0 Å². The fourth-order valence-electron chi connectivity index (χ4n) is 5.63. The Labute approximate surface area is 264 Å². The molecule has 3 aromatic carbocycles. The van der Waals surface area contributed by atoms with Crippen LogP contribution in [-0.2, 0) is 16.1 Å². The second kappa shape index (κ2) is 13.4. The van der Waals surface area contributed by atoms with Gasteiger partial charge in [0.2, 0.25) is 5.91 Å². The predicted molar refractivity (Wildman–Crippen MR) is 168 cm³/mol. The SMILES string of the molecule is O=C(Nc1c(Cl)cccc1Cl)N[C@@H](CNC(=O)N1CCC2(CC1)C(=O)N(Cc1ccccc1)CN2c1ccccc1)C(=O)O. The molecule has 1 atom stereocenters. The summed E-state index contributed by atoms with van der Waals surface area (Å²) in [6, 6.07) is 21.5. The standard InChI is InChI=1S/C31H32Cl2N6O5/c32-23-12-7-13-24(33)26(23)36-29(43)35-25(27(40)41)18-34-30(44)37-16-14-31(15-17-37)28(42)38(19-21-8-3-1-4-9-21)20-39(31)22-10-5-2-6-11-22/h1-13,25H,14-20H2,(H,34,44)(H,40,41)(H2,35,36,43)/t25-/m0/s1. The Bertz CT molecular complexity index is 1500. The van der Waals surface area contributed by atoms with Crippen LogP contribution in [0.25, 0.3) is 0 Å². The number of urea groups is 2. The number of rotatable bonds is 8. The van der Waals surface area contributed by atoms with Gasteiger partial charge in [0.1, 0.15) is 11.6 Å². The maximum Gasteiger partial charge on any atom is 0.328 e. The lowest BCUT2D eigenvalue weighted by Crippen LogP contribution is -2.59. The summed E-state index contributed by atoms with van der Waals surface area (Å²) in [6.07, 6.45) is 0.808. The van der Waals surface area contributed by atoms with Gasteiger partial charge in [-0.15, -0.1) is 0 Å². The zero-order valence-electron chi connectivity index (χ0n) is 23.7. The van der Waals surface area contributed by atoms with E-state index < -0.39 is 29.6 Å². The summed E-state index contributed by atoms with van der Waals surface area (Å²) in [5, 5.41) is 17.4. The van der Waals surface area contributed by atoms with Crippen LogP contribution in [-0.4, -0.2) is 76.7 Å². The maximum absolute atomic E-state index is 13.9. The van der Waals surface area contributed by atoms with Crippen molar-refractivity contribution < 1.29 is 24.3 Å². The molecule has 11 nitrogen and oxygen atoms in total. The summed E-state index contributed by atoms with van der Waals surface area (Å²) in [5.41, 5.74) is 1.29. The highest BCUT2D eigenvalue weighted by molar-refractivity contribution is 6.39. The van der Waals surface area contributed by atoms with Gasteiger partial charge in [0.25, 0.3) is 0 Å². The lowest BCUT2D eigenvalue weighted by atomic mass is 9.85. The van der Waals surface area contributed by atoms with Crippen LogP contribution in [0.15, 0.2) is 78.9 Å². The van der Waals surface area contributed by atoms with Crippen molar-refractivity contribution in [3.63, 3.8) is 0 Å². The first kappa shape index (κ1) is 31.0. The summed E-state index contributed by atoms with van der Waals surface area (Å²) >= 11 is 12.1. The number of piperidine rings is 1. The van der Waals surface area contributed by atoms with Crippen molar-refractivity contribution in [1.29, 1.82) is 0 Å². The van der Waals surface area contributed by atoms with E-state index in [2.05, 4.69) is 20.9 Å². The van der Waals surface area contributed by atoms with E-state index in [9.17, 15) is 24.3 Å². The van der Waals surface area contributed by atoms with Gasteiger partial charge < -0.3 is 35.8 Å². The lowest BCUT2D eigenvalue weighted by molar-refractivity contribution is -0.139. The number of anilines is 2. The minimum atomic E-state index is -1.42. The third kappa shape index (κ3) is 6.68. The Morgan fingerprint density at radius 1 is 0.886 bits per heavy atom. The molecule has 2 fully saturated rings. The van der Waals surface area contributed by atoms with Gasteiger partial charge in [-0.05, 0) is 42.7 Å². The van der Waals surface area contributed by atoms with Crippen LogP contribution in [0, 0.1) is 0 Å². The fraction of sp³-hybridized carbons (Fsp3) is 0.290. The average molecular weight is 640 g/mol. The van der Waals surface area contributed by atoms with Crippen molar-refractivity contribution in [3.8, 4) is 0 Å². The summed E-state index contributed by atoms with van der Waals surface area (Å²) in [6.45, 7) is 1.12. The molecule has 2 saturated heterocycles. The smallest absolute Gasteiger partial charge is 0.328 e. The number of carbonyl (C=O) groups is 4. The van der Waals surface area contributed by atoms with Crippen molar-refractivity contribution in [1.82, 2.24) is 20.4 Å². The normalized spacial score (nSPS) is 16.5. The molecule has 0 aliphatic carbocycles. The number of nitrogens with zero attached hydrogens (tertiary/aromatic N) is 3. The molecule has 0 aromatic heterocycles.